The summed E-state index contributed by atoms with van der Waals surface area (Å²) in [5, 5.41) is 16.8. The van der Waals surface area contributed by atoms with E-state index in [1.165, 1.54) is 5.56 Å². The molecule has 1 heterocycles. The van der Waals surface area contributed by atoms with Gasteiger partial charge in [0.05, 0.1) is 23.0 Å². The molecular weight excluding hydrogens is 348 g/mol. The Morgan fingerprint density at radius 3 is 2.35 bits per heavy atom. The Kier molecular flexibility index (Phi) is 5.43. The molecule has 0 unspecified atom stereocenters. The largest absolute Gasteiger partial charge is 0.545 e. The van der Waals surface area contributed by atoms with Crippen molar-refractivity contribution >= 4 is 17.6 Å². The molecule has 0 bridgehead atoms. The molecule has 0 aliphatic rings. The van der Waals surface area contributed by atoms with Crippen LogP contribution >= 0.6 is 11.6 Å². The highest BCUT2D eigenvalue weighted by molar-refractivity contribution is 6.30. The fraction of sp³-hybridized carbons (Fsp3) is 0.238. The molecule has 0 aliphatic heterocycles. The summed E-state index contributed by atoms with van der Waals surface area (Å²) in [4.78, 5) is 11.7. The van der Waals surface area contributed by atoms with Gasteiger partial charge in [0.1, 0.15) is 0 Å². The van der Waals surface area contributed by atoms with Crippen LogP contribution in [0.5, 0.6) is 0 Å². The zero-order valence-corrected chi connectivity index (χ0v) is 15.6. The second-order valence-corrected chi connectivity index (χ2v) is 6.72. The molecule has 0 saturated carbocycles. The fourth-order valence-corrected chi connectivity index (χ4v) is 3.14. The number of hydrogen-bond donors (Lipinski definition) is 0. The first-order valence-corrected chi connectivity index (χ1v) is 9.05. The number of aryl methyl sites for hydroxylation is 2. The van der Waals surface area contributed by atoms with Gasteiger partial charge in [-0.15, -0.1) is 0 Å². The Balaban J connectivity index is 2.11. The first-order chi connectivity index (χ1) is 12.5. The molecule has 0 N–H and O–H groups in total. The molecule has 0 spiro atoms. The summed E-state index contributed by atoms with van der Waals surface area (Å²) in [5.41, 5.74) is 3.82. The van der Waals surface area contributed by atoms with Gasteiger partial charge in [0.2, 0.25) is 0 Å². The Morgan fingerprint density at radius 2 is 1.77 bits per heavy atom. The Hall–Kier alpha value is -2.59. The number of halogens is 1. The van der Waals surface area contributed by atoms with E-state index in [1.807, 2.05) is 12.1 Å². The van der Waals surface area contributed by atoms with Crippen LogP contribution in [-0.4, -0.2) is 15.7 Å². The predicted octanol–water partition coefficient (Wildman–Crippen LogP) is 4.21. The summed E-state index contributed by atoms with van der Waals surface area (Å²) < 4.78 is 1.66. The maximum Gasteiger partial charge on any atom is 0.0834 e. The molecule has 0 amide bonds. The van der Waals surface area contributed by atoms with E-state index in [-0.39, 0.29) is 5.56 Å². The number of hydrogen-bond acceptors (Lipinski definition) is 3. The van der Waals surface area contributed by atoms with Gasteiger partial charge in [0.25, 0.3) is 0 Å². The van der Waals surface area contributed by atoms with Crippen LogP contribution in [0.2, 0.25) is 5.02 Å². The minimum absolute atomic E-state index is 0.0994. The summed E-state index contributed by atoms with van der Waals surface area (Å²) in [5.74, 6) is -1.24. The molecule has 0 saturated heterocycles. The lowest BCUT2D eigenvalue weighted by Crippen LogP contribution is -2.23. The van der Waals surface area contributed by atoms with Crippen LogP contribution in [0.3, 0.4) is 0 Å². The lowest BCUT2D eigenvalue weighted by Gasteiger charge is -2.11. The van der Waals surface area contributed by atoms with Crippen LogP contribution in [0.15, 0.2) is 48.5 Å². The molecule has 0 fully saturated rings. The average molecular weight is 368 g/mol. The molecular formula is C21H20ClN2O2-. The van der Waals surface area contributed by atoms with E-state index in [4.69, 9.17) is 11.6 Å². The number of unbranched alkanes of at least 4 members (excludes halogenated alkanes) is 1. The van der Waals surface area contributed by atoms with Crippen molar-refractivity contribution < 1.29 is 9.90 Å². The topological polar surface area (TPSA) is 58.0 Å². The summed E-state index contributed by atoms with van der Waals surface area (Å²) in [6, 6.07) is 15.1. The predicted molar refractivity (Wildman–Crippen MR) is 102 cm³/mol. The highest BCUT2D eigenvalue weighted by atomic mass is 35.5. The normalized spacial score (nSPS) is 10.9. The van der Waals surface area contributed by atoms with Crippen molar-refractivity contribution in [1.29, 1.82) is 0 Å². The number of carbonyl (C=O) groups is 1. The average Bonchev–Trinajstić information content (AvgIpc) is 2.98. The molecule has 1 aromatic heterocycles. The molecule has 0 atom stereocenters. The maximum atomic E-state index is 11.7. The van der Waals surface area contributed by atoms with Gasteiger partial charge in [-0.25, -0.2) is 4.68 Å². The third kappa shape index (κ3) is 3.65. The van der Waals surface area contributed by atoms with Crippen molar-refractivity contribution in [3.8, 4) is 16.9 Å². The number of aromatic carboxylic acids is 1. The Morgan fingerprint density at radius 1 is 1.12 bits per heavy atom. The smallest absolute Gasteiger partial charge is 0.0834 e. The SMILES string of the molecule is CCCCc1ccc(-n2nc(C)c(C(=O)[O-])c2-c2ccc(Cl)cc2)cc1. The number of carbonyl (C=O) groups excluding carboxylic acids is 1. The van der Waals surface area contributed by atoms with E-state index >= 15 is 0 Å². The molecule has 0 radical (unpaired) electrons. The number of nitrogens with zero attached hydrogens (tertiary/aromatic N) is 2. The van der Waals surface area contributed by atoms with Crippen molar-refractivity contribution in [3.63, 3.8) is 0 Å². The second kappa shape index (κ2) is 7.75. The van der Waals surface area contributed by atoms with Crippen LogP contribution in [0.4, 0.5) is 0 Å². The van der Waals surface area contributed by atoms with Crippen molar-refractivity contribution in [1.82, 2.24) is 9.78 Å². The van der Waals surface area contributed by atoms with Gasteiger partial charge in [-0.05, 0) is 49.6 Å². The van der Waals surface area contributed by atoms with Gasteiger partial charge < -0.3 is 9.90 Å². The van der Waals surface area contributed by atoms with Crippen LogP contribution in [-0.2, 0) is 6.42 Å². The number of benzene rings is 2. The fourth-order valence-electron chi connectivity index (χ4n) is 3.02. The van der Waals surface area contributed by atoms with E-state index in [1.54, 1.807) is 35.9 Å². The van der Waals surface area contributed by atoms with Crippen LogP contribution in [0.1, 0.15) is 41.4 Å². The van der Waals surface area contributed by atoms with E-state index in [2.05, 4.69) is 24.2 Å². The first kappa shape index (κ1) is 18.2. The van der Waals surface area contributed by atoms with Crippen LogP contribution in [0, 0.1) is 6.92 Å². The zero-order valence-electron chi connectivity index (χ0n) is 14.8. The van der Waals surface area contributed by atoms with Gasteiger partial charge in [0, 0.05) is 16.1 Å². The summed E-state index contributed by atoms with van der Waals surface area (Å²) in [7, 11) is 0. The minimum Gasteiger partial charge on any atom is -0.545 e. The molecule has 3 aromatic rings. The molecule has 3 rings (SSSR count). The Bertz CT molecular complexity index is 912. The van der Waals surface area contributed by atoms with E-state index in [9.17, 15) is 9.90 Å². The number of carboxylic acid groups (broad SMARTS) is 1. The number of aromatic nitrogens is 2. The summed E-state index contributed by atoms with van der Waals surface area (Å²) in [6.07, 6.45) is 3.32. The third-order valence-corrected chi connectivity index (χ3v) is 4.63. The monoisotopic (exact) mass is 367 g/mol. The van der Waals surface area contributed by atoms with Gasteiger partial charge in [-0.2, -0.15) is 5.10 Å². The van der Waals surface area contributed by atoms with Gasteiger partial charge in [-0.1, -0.05) is 49.2 Å². The van der Waals surface area contributed by atoms with Gasteiger partial charge in [-0.3, -0.25) is 0 Å². The molecule has 5 heteroatoms. The molecule has 2 aromatic carbocycles. The second-order valence-electron chi connectivity index (χ2n) is 6.29. The Labute approximate surface area is 158 Å². The lowest BCUT2D eigenvalue weighted by molar-refractivity contribution is -0.255. The number of rotatable bonds is 6. The van der Waals surface area contributed by atoms with E-state index < -0.39 is 5.97 Å². The minimum atomic E-state index is -1.24. The van der Waals surface area contributed by atoms with Gasteiger partial charge in [0.15, 0.2) is 0 Å². The molecule has 26 heavy (non-hydrogen) atoms. The highest BCUT2D eigenvalue weighted by Gasteiger charge is 2.19. The van der Waals surface area contributed by atoms with Gasteiger partial charge >= 0.3 is 0 Å². The van der Waals surface area contributed by atoms with Crippen molar-refractivity contribution in [2.45, 2.75) is 33.1 Å². The first-order valence-electron chi connectivity index (χ1n) is 8.67. The summed E-state index contributed by atoms with van der Waals surface area (Å²) in [6.45, 7) is 3.84. The van der Waals surface area contributed by atoms with E-state index in [0.29, 0.717) is 16.4 Å². The standard InChI is InChI=1S/C21H21ClN2O2/c1-3-4-5-15-6-12-18(13-7-15)24-20(16-8-10-17(22)11-9-16)19(21(25)26)14(2)23-24/h6-13H,3-5H2,1-2H3,(H,25,26)/p-1. The molecule has 4 nitrogen and oxygen atoms in total. The van der Waals surface area contributed by atoms with Crippen molar-refractivity contribution in [2.75, 3.05) is 0 Å². The van der Waals surface area contributed by atoms with Crippen molar-refractivity contribution in [3.05, 3.63) is 70.4 Å². The molecule has 0 aliphatic carbocycles. The summed E-state index contributed by atoms with van der Waals surface area (Å²) >= 11 is 5.97. The third-order valence-electron chi connectivity index (χ3n) is 4.38. The van der Waals surface area contributed by atoms with Crippen LogP contribution in [0.25, 0.3) is 16.9 Å². The molecule has 134 valence electrons. The van der Waals surface area contributed by atoms with E-state index in [0.717, 1.165) is 30.5 Å². The maximum absolute atomic E-state index is 11.7. The van der Waals surface area contributed by atoms with Crippen molar-refractivity contribution in [2.24, 2.45) is 0 Å². The van der Waals surface area contributed by atoms with Crippen LogP contribution < -0.4 is 5.11 Å². The quantitative estimate of drug-likeness (QED) is 0.655. The lowest BCUT2D eigenvalue weighted by atomic mass is 10.1. The zero-order chi connectivity index (χ0) is 18.7. The highest BCUT2D eigenvalue weighted by Crippen LogP contribution is 2.30. The number of carboxylic acids is 1.